The van der Waals surface area contributed by atoms with E-state index in [4.69, 9.17) is 0 Å². The van der Waals surface area contributed by atoms with Crippen LogP contribution in [-0.4, -0.2) is 73.5 Å². The highest BCUT2D eigenvalue weighted by molar-refractivity contribution is 5.95. The number of likely N-dealkylation sites (N-methyl/N-ethyl adjacent to an activating group) is 1. The van der Waals surface area contributed by atoms with Gasteiger partial charge in [-0.2, -0.15) is 0 Å². The molecule has 2 N–H and O–H groups in total. The zero-order valence-electron chi connectivity index (χ0n) is 16.5. The summed E-state index contributed by atoms with van der Waals surface area (Å²) < 4.78 is 0. The lowest BCUT2D eigenvalue weighted by molar-refractivity contribution is -0.133. The summed E-state index contributed by atoms with van der Waals surface area (Å²) in [4.78, 5) is 29.3. The Labute approximate surface area is 162 Å². The van der Waals surface area contributed by atoms with E-state index in [9.17, 15) is 9.59 Å². The molecule has 27 heavy (non-hydrogen) atoms. The lowest BCUT2D eigenvalue weighted by Crippen LogP contribution is -2.51. The number of rotatable bonds is 5. The van der Waals surface area contributed by atoms with Crippen molar-refractivity contribution in [2.24, 2.45) is 0 Å². The van der Waals surface area contributed by atoms with E-state index in [1.165, 1.54) is 6.42 Å². The highest BCUT2D eigenvalue weighted by Crippen LogP contribution is 2.15. The Bertz CT molecular complexity index is 655. The minimum absolute atomic E-state index is 0.00991. The van der Waals surface area contributed by atoms with Gasteiger partial charge in [-0.3, -0.25) is 14.5 Å². The number of carbonyl (C=O) groups excluding carboxylic acids is 2. The third-order valence-corrected chi connectivity index (χ3v) is 5.85. The van der Waals surface area contributed by atoms with Gasteiger partial charge in [-0.1, -0.05) is 18.2 Å². The van der Waals surface area contributed by atoms with Gasteiger partial charge in [-0.25, -0.2) is 0 Å². The minimum Gasteiger partial charge on any atom is -0.349 e. The zero-order chi connectivity index (χ0) is 19.2. The second-order valence-corrected chi connectivity index (χ2v) is 7.81. The topological polar surface area (TPSA) is 64.7 Å². The van der Waals surface area contributed by atoms with Crippen molar-refractivity contribution < 1.29 is 9.59 Å². The number of benzene rings is 1. The van der Waals surface area contributed by atoms with Crippen molar-refractivity contribution in [3.05, 3.63) is 35.4 Å². The molecular formula is C21H32N4O2. The van der Waals surface area contributed by atoms with E-state index in [1.807, 2.05) is 43.1 Å². The molecule has 1 atom stereocenters. The Kier molecular flexibility index (Phi) is 6.85. The standard InChI is InChI=1S/C21H32N4O2/c1-16-6-3-4-8-19(16)21(27)23-17-9-12-25(13-10-17)20(26)15-24-11-5-7-18(14-24)22-2/h3-4,6,8,17-18,22H,5,7,9-15H2,1-2H3,(H,23,27). The van der Waals surface area contributed by atoms with E-state index in [1.54, 1.807) is 0 Å². The first-order valence-electron chi connectivity index (χ1n) is 10.1. The zero-order valence-corrected chi connectivity index (χ0v) is 16.5. The van der Waals surface area contributed by atoms with E-state index < -0.39 is 0 Å². The molecule has 0 saturated carbocycles. The van der Waals surface area contributed by atoms with Crippen molar-refractivity contribution in [2.75, 3.05) is 39.8 Å². The molecule has 3 rings (SSSR count). The summed E-state index contributed by atoms with van der Waals surface area (Å²) >= 11 is 0. The first-order chi connectivity index (χ1) is 13.1. The van der Waals surface area contributed by atoms with E-state index in [0.717, 1.165) is 56.6 Å². The summed E-state index contributed by atoms with van der Waals surface area (Å²) in [7, 11) is 1.99. The molecule has 148 valence electrons. The van der Waals surface area contributed by atoms with Crippen LogP contribution in [0.2, 0.25) is 0 Å². The molecule has 2 aliphatic heterocycles. The third-order valence-electron chi connectivity index (χ3n) is 5.85. The molecule has 1 aromatic rings. The number of nitrogens with one attached hydrogen (secondary N) is 2. The summed E-state index contributed by atoms with van der Waals surface area (Å²) in [5.74, 6) is 0.208. The SMILES string of the molecule is CNC1CCCN(CC(=O)N2CCC(NC(=O)c3ccccc3C)CC2)C1. The third kappa shape index (κ3) is 5.30. The van der Waals surface area contributed by atoms with E-state index in [0.29, 0.717) is 12.6 Å². The van der Waals surface area contributed by atoms with Gasteiger partial charge < -0.3 is 15.5 Å². The Balaban J connectivity index is 1.44. The average molecular weight is 373 g/mol. The second kappa shape index (κ2) is 9.33. The number of piperidine rings is 2. The van der Waals surface area contributed by atoms with Crippen LogP contribution in [0.15, 0.2) is 24.3 Å². The molecule has 6 heteroatoms. The summed E-state index contributed by atoms with van der Waals surface area (Å²) in [6, 6.07) is 8.29. The molecule has 2 fully saturated rings. The quantitative estimate of drug-likeness (QED) is 0.820. The molecule has 2 amide bonds. The van der Waals surface area contributed by atoms with Gasteiger partial charge in [0.2, 0.25) is 5.91 Å². The van der Waals surface area contributed by atoms with Crippen molar-refractivity contribution in [1.82, 2.24) is 20.4 Å². The fourth-order valence-electron chi connectivity index (χ4n) is 4.09. The van der Waals surface area contributed by atoms with Crippen molar-refractivity contribution in [2.45, 2.75) is 44.7 Å². The van der Waals surface area contributed by atoms with Gasteiger partial charge in [0.25, 0.3) is 5.91 Å². The Hall–Kier alpha value is -1.92. The molecule has 2 heterocycles. The molecule has 0 aromatic heterocycles. The fourth-order valence-corrected chi connectivity index (χ4v) is 4.09. The molecule has 0 bridgehead atoms. The number of amides is 2. The smallest absolute Gasteiger partial charge is 0.251 e. The lowest BCUT2D eigenvalue weighted by atomic mass is 10.0. The van der Waals surface area contributed by atoms with Crippen LogP contribution < -0.4 is 10.6 Å². The number of likely N-dealkylation sites (tertiary alicyclic amines) is 2. The second-order valence-electron chi connectivity index (χ2n) is 7.81. The van der Waals surface area contributed by atoms with E-state index in [-0.39, 0.29) is 17.9 Å². The Morgan fingerprint density at radius 3 is 2.52 bits per heavy atom. The van der Waals surface area contributed by atoms with Crippen molar-refractivity contribution in [1.29, 1.82) is 0 Å². The van der Waals surface area contributed by atoms with Crippen LogP contribution in [0.4, 0.5) is 0 Å². The maximum absolute atomic E-state index is 12.6. The Morgan fingerprint density at radius 1 is 1.07 bits per heavy atom. The summed E-state index contributed by atoms with van der Waals surface area (Å²) in [5.41, 5.74) is 1.73. The van der Waals surface area contributed by atoms with Crippen LogP contribution in [0.5, 0.6) is 0 Å². The van der Waals surface area contributed by atoms with Gasteiger partial charge in [0, 0.05) is 37.3 Å². The van der Waals surface area contributed by atoms with Crippen LogP contribution in [0.1, 0.15) is 41.6 Å². The minimum atomic E-state index is -0.00991. The molecule has 2 saturated heterocycles. The highest BCUT2D eigenvalue weighted by atomic mass is 16.2. The van der Waals surface area contributed by atoms with Crippen LogP contribution in [-0.2, 0) is 4.79 Å². The molecule has 1 unspecified atom stereocenters. The van der Waals surface area contributed by atoms with E-state index in [2.05, 4.69) is 15.5 Å². The van der Waals surface area contributed by atoms with Gasteiger partial charge in [-0.05, 0) is 57.8 Å². The van der Waals surface area contributed by atoms with Gasteiger partial charge in [0.05, 0.1) is 6.54 Å². The largest absolute Gasteiger partial charge is 0.349 e. The highest BCUT2D eigenvalue weighted by Gasteiger charge is 2.27. The predicted octanol–water partition coefficient (Wildman–Crippen LogP) is 1.40. The molecular weight excluding hydrogens is 340 g/mol. The van der Waals surface area contributed by atoms with Crippen LogP contribution in [0, 0.1) is 6.92 Å². The molecule has 0 spiro atoms. The molecule has 1 aromatic carbocycles. The summed E-state index contributed by atoms with van der Waals surface area (Å²) in [6.07, 6.45) is 3.98. The first kappa shape index (κ1) is 19.8. The number of carbonyl (C=O) groups is 2. The number of aryl methyl sites for hydroxylation is 1. The Morgan fingerprint density at radius 2 is 1.81 bits per heavy atom. The molecule has 2 aliphatic rings. The fraction of sp³-hybridized carbons (Fsp3) is 0.619. The van der Waals surface area contributed by atoms with Crippen LogP contribution >= 0.6 is 0 Å². The van der Waals surface area contributed by atoms with Gasteiger partial charge in [0.15, 0.2) is 0 Å². The molecule has 6 nitrogen and oxygen atoms in total. The van der Waals surface area contributed by atoms with E-state index >= 15 is 0 Å². The number of hydrogen-bond donors (Lipinski definition) is 2. The van der Waals surface area contributed by atoms with Gasteiger partial charge in [0.1, 0.15) is 0 Å². The maximum Gasteiger partial charge on any atom is 0.251 e. The van der Waals surface area contributed by atoms with Gasteiger partial charge >= 0.3 is 0 Å². The number of hydrogen-bond acceptors (Lipinski definition) is 4. The molecule has 0 aliphatic carbocycles. The maximum atomic E-state index is 12.6. The van der Waals surface area contributed by atoms with Crippen LogP contribution in [0.25, 0.3) is 0 Å². The first-order valence-corrected chi connectivity index (χ1v) is 10.1. The van der Waals surface area contributed by atoms with Crippen LogP contribution in [0.3, 0.4) is 0 Å². The summed E-state index contributed by atoms with van der Waals surface area (Å²) in [6.45, 7) is 5.87. The number of nitrogens with zero attached hydrogens (tertiary/aromatic N) is 2. The average Bonchev–Trinajstić information content (AvgIpc) is 2.69. The van der Waals surface area contributed by atoms with Crippen molar-refractivity contribution >= 4 is 11.8 Å². The normalized spacial score (nSPS) is 21.9. The lowest BCUT2D eigenvalue weighted by Gasteiger charge is -2.36. The van der Waals surface area contributed by atoms with Gasteiger partial charge in [-0.15, -0.1) is 0 Å². The predicted molar refractivity (Wildman–Crippen MR) is 107 cm³/mol. The van der Waals surface area contributed by atoms with Crippen molar-refractivity contribution in [3.8, 4) is 0 Å². The summed E-state index contributed by atoms with van der Waals surface area (Å²) in [5, 5.41) is 6.46. The van der Waals surface area contributed by atoms with Crippen molar-refractivity contribution in [3.63, 3.8) is 0 Å². The monoisotopic (exact) mass is 372 g/mol. The molecule has 0 radical (unpaired) electrons.